The topological polar surface area (TPSA) is 221 Å². The molecule has 0 bridgehead atoms. The summed E-state index contributed by atoms with van der Waals surface area (Å²) in [5.41, 5.74) is 8.80. The molecule has 3 saturated heterocycles. The molecule has 4 amide bonds. The third-order valence-corrected chi connectivity index (χ3v) is 15.8. The standard InChI is InChI=1S/C57H74ClN9O10S/c1-39-51(78-38-62-39)43-7-5-40(6-8-43)32-61-53(70)48-31-45(68)37-67(48)54(71)52(56(2,3)4)64-49(69)13-21-73-23-25-75-27-29-77-30-28-76-26-24-74-22-20-66-36-44(33-63-66)41-9-11-42(12-10-41)46-34-59-35-47(58)50(46)65-18-15-57(16-19-65)14-17-60-55(57)72/h5-12,33-36,38,45,48,52,68H,13-32,37H2,1-4H3,(H,60,72)(H,61,70)(H,64,69)/t45-,48+,52?/m1/s1. The quantitative estimate of drug-likeness (QED) is 0.0438. The number of pyridine rings is 1. The molecule has 21 heteroatoms. The van der Waals surface area contributed by atoms with Crippen LogP contribution in [0.2, 0.25) is 5.02 Å². The molecule has 3 fully saturated rings. The number of carbonyl (C=O) groups excluding carboxylic acids is 4. The van der Waals surface area contributed by atoms with Gasteiger partial charge in [-0.2, -0.15) is 5.10 Å². The number of carbonyl (C=O) groups is 4. The normalized spacial score (nSPS) is 17.6. The number of amides is 4. The van der Waals surface area contributed by atoms with Crippen LogP contribution >= 0.6 is 22.9 Å². The van der Waals surface area contributed by atoms with Crippen molar-refractivity contribution in [1.29, 1.82) is 0 Å². The van der Waals surface area contributed by atoms with Crippen LogP contribution in [0.4, 0.5) is 5.69 Å². The highest BCUT2D eigenvalue weighted by atomic mass is 35.5. The van der Waals surface area contributed by atoms with Gasteiger partial charge >= 0.3 is 0 Å². The minimum atomic E-state index is -0.928. The number of likely N-dealkylation sites (tertiary alicyclic amines) is 1. The lowest BCUT2D eigenvalue weighted by molar-refractivity contribution is -0.144. The van der Waals surface area contributed by atoms with E-state index in [1.807, 2.05) is 80.7 Å². The lowest BCUT2D eigenvalue weighted by Gasteiger charge is -2.39. The van der Waals surface area contributed by atoms with Crippen molar-refractivity contribution in [2.45, 2.75) is 91.1 Å². The Morgan fingerprint density at radius 2 is 1.46 bits per heavy atom. The van der Waals surface area contributed by atoms with Gasteiger partial charge in [-0.1, -0.05) is 80.9 Å². The van der Waals surface area contributed by atoms with E-state index in [0.717, 1.165) is 88.5 Å². The van der Waals surface area contributed by atoms with Crippen molar-refractivity contribution in [2.24, 2.45) is 10.8 Å². The summed E-state index contributed by atoms with van der Waals surface area (Å²) >= 11 is 8.33. The average molecular weight is 1110 g/mol. The van der Waals surface area contributed by atoms with Crippen LogP contribution in [0.15, 0.2) is 78.8 Å². The summed E-state index contributed by atoms with van der Waals surface area (Å²) in [4.78, 5) is 66.5. The van der Waals surface area contributed by atoms with E-state index in [-0.39, 0.29) is 62.3 Å². The summed E-state index contributed by atoms with van der Waals surface area (Å²) in [5, 5.41) is 24.5. The van der Waals surface area contributed by atoms with Gasteiger partial charge in [0.2, 0.25) is 23.6 Å². The molecule has 19 nitrogen and oxygen atoms in total. The second kappa shape index (κ2) is 27.8. The van der Waals surface area contributed by atoms with Gasteiger partial charge in [-0.15, -0.1) is 11.3 Å². The highest BCUT2D eigenvalue weighted by molar-refractivity contribution is 7.13. The number of aliphatic hydroxyl groups is 1. The van der Waals surface area contributed by atoms with E-state index in [2.05, 4.69) is 60.2 Å². The van der Waals surface area contributed by atoms with Gasteiger partial charge in [0, 0.05) is 75.3 Å². The number of hydrogen-bond donors (Lipinski definition) is 4. The maximum Gasteiger partial charge on any atom is 0.246 e. The van der Waals surface area contributed by atoms with Gasteiger partial charge in [0.05, 0.1) is 117 Å². The number of halogens is 1. The molecule has 3 atom stereocenters. The van der Waals surface area contributed by atoms with E-state index in [1.54, 1.807) is 17.5 Å². The van der Waals surface area contributed by atoms with Crippen molar-refractivity contribution < 1.29 is 48.0 Å². The molecule has 5 aromatic rings. The third-order valence-electron chi connectivity index (χ3n) is 14.6. The Hall–Kier alpha value is -5.84. The lowest BCUT2D eigenvalue weighted by atomic mass is 9.77. The molecule has 0 aliphatic carbocycles. The predicted molar refractivity (Wildman–Crippen MR) is 298 cm³/mol. The molecule has 6 heterocycles. The Bertz CT molecular complexity index is 2760. The Balaban J connectivity index is 0.633. The zero-order chi connectivity index (χ0) is 55.1. The number of anilines is 1. The van der Waals surface area contributed by atoms with Gasteiger partial charge in [0.25, 0.3) is 0 Å². The Morgan fingerprint density at radius 3 is 2.08 bits per heavy atom. The summed E-state index contributed by atoms with van der Waals surface area (Å²) in [6.07, 6.45) is 9.20. The smallest absolute Gasteiger partial charge is 0.246 e. The number of ether oxygens (including phenoxy) is 5. The van der Waals surface area contributed by atoms with Gasteiger partial charge < -0.3 is 54.5 Å². The number of aryl methyl sites for hydroxylation is 1. The lowest BCUT2D eigenvalue weighted by Crippen LogP contribution is -2.57. The maximum absolute atomic E-state index is 14.0. The molecule has 3 aliphatic heterocycles. The van der Waals surface area contributed by atoms with E-state index in [1.165, 1.54) is 4.90 Å². The van der Waals surface area contributed by atoms with Gasteiger partial charge in [0.15, 0.2) is 0 Å². The fourth-order valence-electron chi connectivity index (χ4n) is 10.1. The molecule has 0 radical (unpaired) electrons. The zero-order valence-corrected chi connectivity index (χ0v) is 46.8. The monoisotopic (exact) mass is 1110 g/mol. The molecule has 1 spiro atoms. The van der Waals surface area contributed by atoms with E-state index >= 15 is 0 Å². The number of rotatable bonds is 27. The van der Waals surface area contributed by atoms with Crippen molar-refractivity contribution >= 4 is 52.3 Å². The average Bonchev–Trinajstić information content (AvgIpc) is 4.35. The van der Waals surface area contributed by atoms with Crippen LogP contribution in [0.3, 0.4) is 0 Å². The first-order valence-electron chi connectivity index (χ1n) is 26.9. The molecule has 2 aromatic carbocycles. The number of nitrogens with one attached hydrogen (secondary N) is 3. The first-order valence-corrected chi connectivity index (χ1v) is 28.2. The second-order valence-electron chi connectivity index (χ2n) is 21.1. The van der Waals surface area contributed by atoms with Crippen LogP contribution in [0, 0.1) is 17.8 Å². The Labute approximate surface area is 465 Å². The third kappa shape index (κ3) is 15.5. The van der Waals surface area contributed by atoms with Crippen LogP contribution in [0.5, 0.6) is 0 Å². The summed E-state index contributed by atoms with van der Waals surface area (Å²) in [5.74, 6) is -0.958. The molecule has 78 heavy (non-hydrogen) atoms. The van der Waals surface area contributed by atoms with Gasteiger partial charge in [-0.25, -0.2) is 4.98 Å². The summed E-state index contributed by atoms with van der Waals surface area (Å²) in [7, 11) is 0. The summed E-state index contributed by atoms with van der Waals surface area (Å²) < 4.78 is 30.1. The zero-order valence-electron chi connectivity index (χ0n) is 45.2. The van der Waals surface area contributed by atoms with Crippen molar-refractivity contribution in [3.05, 3.63) is 95.1 Å². The summed E-state index contributed by atoms with van der Waals surface area (Å²) in [6, 6.07) is 14.4. The van der Waals surface area contributed by atoms with Gasteiger partial charge in [0.1, 0.15) is 12.1 Å². The number of piperidine rings is 1. The molecular formula is C57H74ClN9O10S. The molecule has 8 rings (SSSR count). The molecule has 0 saturated carbocycles. The highest BCUT2D eigenvalue weighted by Crippen LogP contribution is 2.43. The van der Waals surface area contributed by atoms with Crippen LogP contribution < -0.4 is 20.9 Å². The Morgan fingerprint density at radius 1 is 0.833 bits per heavy atom. The minimum Gasteiger partial charge on any atom is -0.391 e. The van der Waals surface area contributed by atoms with Gasteiger partial charge in [-0.05, 0) is 53.9 Å². The summed E-state index contributed by atoms with van der Waals surface area (Å²) in [6.45, 7) is 14.4. The number of aliphatic hydroxyl groups excluding tert-OH is 1. The fourth-order valence-corrected chi connectivity index (χ4v) is 11.2. The van der Waals surface area contributed by atoms with Crippen molar-refractivity contribution in [2.75, 3.05) is 97.1 Å². The number of β-amino-alcohol motifs (C(OH)–C–C–N with tert-alkyl or cyclic N) is 1. The largest absolute Gasteiger partial charge is 0.391 e. The van der Waals surface area contributed by atoms with E-state index < -0.39 is 29.5 Å². The highest BCUT2D eigenvalue weighted by Gasteiger charge is 2.46. The number of nitrogens with zero attached hydrogens (tertiary/aromatic N) is 6. The van der Waals surface area contributed by atoms with Crippen LogP contribution in [-0.4, -0.2) is 164 Å². The van der Waals surface area contributed by atoms with Crippen LogP contribution in [0.1, 0.15) is 64.1 Å². The SMILES string of the molecule is Cc1ncsc1-c1ccc(CNC(=O)[C@@H]2C[C@@H](O)CN2C(=O)C(NC(=O)CCOCCOCCOCCOCCOCCn2cc(-c3ccc(-c4cncc(Cl)c4N4CCC5(CCNC5=O)CC4)cc3)cn2)C(C)(C)C)cc1. The number of benzene rings is 2. The predicted octanol–water partition coefficient (Wildman–Crippen LogP) is 6.09. The van der Waals surface area contributed by atoms with Gasteiger partial charge in [-0.3, -0.25) is 28.8 Å². The first kappa shape index (κ1) is 58.3. The van der Waals surface area contributed by atoms with E-state index in [0.29, 0.717) is 64.4 Å². The minimum absolute atomic E-state index is 0.00435. The maximum atomic E-state index is 14.0. The molecular weight excluding hydrogens is 1040 g/mol. The van der Waals surface area contributed by atoms with E-state index in [9.17, 15) is 24.3 Å². The Kier molecular flexibility index (Phi) is 20.8. The van der Waals surface area contributed by atoms with E-state index in [4.69, 9.17) is 35.3 Å². The second-order valence-corrected chi connectivity index (χ2v) is 22.4. The molecule has 1 unspecified atom stereocenters. The first-order chi connectivity index (χ1) is 37.7. The molecule has 4 N–H and O–H groups in total. The number of aromatic nitrogens is 4. The molecule has 3 aliphatic rings. The molecule has 420 valence electrons. The molecule has 3 aromatic heterocycles. The van der Waals surface area contributed by atoms with Crippen LogP contribution in [-0.2, 0) is 56.0 Å². The van der Waals surface area contributed by atoms with Crippen molar-refractivity contribution in [3.8, 4) is 32.7 Å². The fraction of sp³-hybridized carbons (Fsp3) is 0.526. The number of hydrogen-bond acceptors (Lipinski definition) is 15. The van der Waals surface area contributed by atoms with Crippen molar-refractivity contribution in [1.82, 2.24) is 40.6 Å². The van der Waals surface area contributed by atoms with Crippen LogP contribution in [0.25, 0.3) is 32.7 Å². The number of thiazole rings is 1. The van der Waals surface area contributed by atoms with Crippen molar-refractivity contribution in [3.63, 3.8) is 0 Å².